The molecule has 0 saturated heterocycles. The van der Waals surface area contributed by atoms with E-state index in [1.165, 1.54) is 0 Å². The molecule has 0 rings (SSSR count). The summed E-state index contributed by atoms with van der Waals surface area (Å²) in [7, 11) is 0. The largest absolute Gasteiger partial charge is 0.391 e. The number of rotatable bonds is 4. The molecule has 60 valence electrons. The minimum Gasteiger partial charge on any atom is -0.391 e. The first kappa shape index (κ1) is 9.92. The van der Waals surface area contributed by atoms with Crippen LogP contribution >= 0.6 is 11.6 Å². The van der Waals surface area contributed by atoms with Crippen LogP contribution in [0.4, 0.5) is 0 Å². The summed E-state index contributed by atoms with van der Waals surface area (Å²) in [6.07, 6.45) is 0.695. The van der Waals surface area contributed by atoms with Crippen molar-refractivity contribution >= 4 is 17.9 Å². The fourth-order valence-corrected chi connectivity index (χ4v) is 0.881. The zero-order valence-corrected chi connectivity index (χ0v) is 7.01. The van der Waals surface area contributed by atoms with E-state index in [4.69, 9.17) is 11.6 Å². The van der Waals surface area contributed by atoms with Crippen LogP contribution in [0.1, 0.15) is 20.3 Å². The lowest BCUT2D eigenvalue weighted by Gasteiger charge is -2.17. The third-order valence-electron chi connectivity index (χ3n) is 1.51. The Kier molecular flexibility index (Phi) is 4.65. The second kappa shape index (κ2) is 4.69. The number of aliphatic hydroxyl groups is 1. The van der Waals surface area contributed by atoms with Crippen molar-refractivity contribution in [2.45, 2.75) is 31.7 Å². The van der Waals surface area contributed by atoms with Crippen molar-refractivity contribution in [3.8, 4) is 0 Å². The number of aliphatic hydroxyl groups excluding tert-OH is 1. The molecule has 0 spiro atoms. The summed E-state index contributed by atoms with van der Waals surface area (Å²) in [6.45, 7) is 3.53. The maximum absolute atomic E-state index is 10.1. The Morgan fingerprint density at radius 2 is 2.20 bits per heavy atom. The molecule has 0 radical (unpaired) electrons. The Balaban J connectivity index is 3.80. The molecule has 0 aliphatic carbocycles. The monoisotopic (exact) mass is 164 g/mol. The van der Waals surface area contributed by atoms with Gasteiger partial charge in [0.05, 0.1) is 11.5 Å². The molecule has 3 heteroatoms. The van der Waals surface area contributed by atoms with Gasteiger partial charge in [-0.3, -0.25) is 0 Å². The van der Waals surface area contributed by atoms with Crippen molar-refractivity contribution in [1.29, 1.82) is 0 Å². The molecule has 0 amide bonds. The van der Waals surface area contributed by atoms with Crippen LogP contribution in [-0.2, 0) is 4.79 Å². The number of halogens is 1. The Bertz CT molecular complexity index is 106. The van der Waals surface area contributed by atoms with E-state index < -0.39 is 6.10 Å². The van der Waals surface area contributed by atoms with Crippen LogP contribution in [0.15, 0.2) is 0 Å². The average Bonchev–Trinajstić information content (AvgIpc) is 2.00. The molecule has 1 N–H and O–H groups in total. The summed E-state index contributed by atoms with van der Waals surface area (Å²) in [5.41, 5.74) is 0. The van der Waals surface area contributed by atoms with Crippen LogP contribution in [0, 0.1) is 5.92 Å². The van der Waals surface area contributed by atoms with Crippen LogP contribution in [-0.4, -0.2) is 22.9 Å². The van der Waals surface area contributed by atoms with E-state index in [-0.39, 0.29) is 11.3 Å². The third kappa shape index (κ3) is 2.67. The van der Waals surface area contributed by atoms with E-state index >= 15 is 0 Å². The number of aldehydes is 1. The van der Waals surface area contributed by atoms with E-state index in [1.54, 1.807) is 6.92 Å². The number of hydrogen-bond acceptors (Lipinski definition) is 2. The average molecular weight is 165 g/mol. The van der Waals surface area contributed by atoms with E-state index in [0.29, 0.717) is 6.42 Å². The quantitative estimate of drug-likeness (QED) is 0.501. The molecular weight excluding hydrogens is 152 g/mol. The number of carbonyl (C=O) groups excluding carboxylic acids is 1. The normalized spacial score (nSPS) is 19.6. The van der Waals surface area contributed by atoms with Gasteiger partial charge in [-0.1, -0.05) is 13.8 Å². The highest BCUT2D eigenvalue weighted by Crippen LogP contribution is 2.13. The minimum absolute atomic E-state index is 0.305. The van der Waals surface area contributed by atoms with Crippen molar-refractivity contribution in [2.24, 2.45) is 5.92 Å². The lowest BCUT2D eigenvalue weighted by molar-refractivity contribution is -0.113. The van der Waals surface area contributed by atoms with E-state index in [9.17, 15) is 9.90 Å². The second-order valence-electron chi connectivity index (χ2n) is 2.41. The van der Waals surface area contributed by atoms with Gasteiger partial charge in [0.1, 0.15) is 6.29 Å². The van der Waals surface area contributed by atoms with Crippen LogP contribution in [0.25, 0.3) is 0 Å². The first-order valence-electron chi connectivity index (χ1n) is 3.40. The van der Waals surface area contributed by atoms with Gasteiger partial charge in [0, 0.05) is 5.92 Å². The Morgan fingerprint density at radius 3 is 2.50 bits per heavy atom. The fraction of sp³-hybridized carbons (Fsp3) is 0.857. The van der Waals surface area contributed by atoms with Crippen molar-refractivity contribution in [2.75, 3.05) is 0 Å². The van der Waals surface area contributed by atoms with E-state index in [0.717, 1.165) is 6.29 Å². The molecule has 1 unspecified atom stereocenters. The lowest BCUT2D eigenvalue weighted by atomic mass is 10.0. The summed E-state index contributed by atoms with van der Waals surface area (Å²) in [6, 6.07) is 0. The summed E-state index contributed by atoms with van der Waals surface area (Å²) in [5.74, 6) is -0.359. The van der Waals surface area contributed by atoms with Gasteiger partial charge in [-0.05, 0) is 6.42 Å². The molecule has 3 atom stereocenters. The lowest BCUT2D eigenvalue weighted by Crippen LogP contribution is -2.28. The molecule has 0 aromatic heterocycles. The van der Waals surface area contributed by atoms with Gasteiger partial charge in [0.25, 0.3) is 0 Å². The van der Waals surface area contributed by atoms with Gasteiger partial charge in [-0.15, -0.1) is 11.6 Å². The fourth-order valence-electron chi connectivity index (χ4n) is 0.651. The molecule has 0 bridgehead atoms. The summed E-state index contributed by atoms with van der Waals surface area (Å²) in [4.78, 5) is 10.1. The first-order valence-corrected chi connectivity index (χ1v) is 3.84. The van der Waals surface area contributed by atoms with Gasteiger partial charge in [-0.25, -0.2) is 0 Å². The van der Waals surface area contributed by atoms with Crippen molar-refractivity contribution in [3.05, 3.63) is 0 Å². The van der Waals surface area contributed by atoms with Gasteiger partial charge in [0.15, 0.2) is 0 Å². The topological polar surface area (TPSA) is 37.3 Å². The molecule has 0 fully saturated rings. The van der Waals surface area contributed by atoms with E-state index in [1.807, 2.05) is 6.92 Å². The standard InChI is InChI=1S/C7H13ClO2/c1-3-6(8)7(10)5(2)4-9/h4-7,10H,3H2,1-2H3/t5-,6?,7-/m1/s1. The smallest absolute Gasteiger partial charge is 0.125 e. The van der Waals surface area contributed by atoms with Gasteiger partial charge in [-0.2, -0.15) is 0 Å². The zero-order valence-electron chi connectivity index (χ0n) is 6.25. The van der Waals surface area contributed by atoms with Crippen molar-refractivity contribution in [1.82, 2.24) is 0 Å². The van der Waals surface area contributed by atoms with Gasteiger partial charge in [0.2, 0.25) is 0 Å². The maximum Gasteiger partial charge on any atom is 0.125 e. The molecule has 10 heavy (non-hydrogen) atoms. The molecule has 2 nitrogen and oxygen atoms in total. The van der Waals surface area contributed by atoms with Gasteiger partial charge >= 0.3 is 0 Å². The van der Waals surface area contributed by atoms with Crippen molar-refractivity contribution in [3.63, 3.8) is 0 Å². The third-order valence-corrected chi connectivity index (χ3v) is 2.08. The first-order chi connectivity index (χ1) is 4.63. The van der Waals surface area contributed by atoms with Crippen LogP contribution in [0.3, 0.4) is 0 Å². The Labute approximate surface area is 66.2 Å². The summed E-state index contributed by atoms with van der Waals surface area (Å²) in [5, 5.41) is 8.92. The van der Waals surface area contributed by atoms with Crippen LogP contribution in [0.5, 0.6) is 0 Å². The van der Waals surface area contributed by atoms with E-state index in [2.05, 4.69) is 0 Å². The molecule has 0 aromatic carbocycles. The Hall–Kier alpha value is -0.0800. The molecular formula is C7H13ClO2. The zero-order chi connectivity index (χ0) is 8.15. The highest BCUT2D eigenvalue weighted by Gasteiger charge is 2.20. The van der Waals surface area contributed by atoms with Gasteiger partial charge < -0.3 is 9.90 Å². The number of carbonyl (C=O) groups is 1. The number of hydrogen-bond donors (Lipinski definition) is 1. The molecule has 0 heterocycles. The molecule has 0 aromatic rings. The second-order valence-corrected chi connectivity index (χ2v) is 2.97. The number of alkyl halides is 1. The minimum atomic E-state index is -0.704. The van der Waals surface area contributed by atoms with Crippen LogP contribution < -0.4 is 0 Å². The maximum atomic E-state index is 10.1. The molecule has 0 aliphatic heterocycles. The summed E-state index contributed by atoms with van der Waals surface area (Å²) >= 11 is 5.68. The predicted octanol–water partition coefficient (Wildman–Crippen LogP) is 1.20. The Morgan fingerprint density at radius 1 is 1.70 bits per heavy atom. The van der Waals surface area contributed by atoms with Crippen molar-refractivity contribution < 1.29 is 9.90 Å². The highest BCUT2D eigenvalue weighted by atomic mass is 35.5. The molecule has 0 aliphatic rings. The SMILES string of the molecule is CCC(Cl)[C@H](O)[C@H](C)C=O. The molecule has 0 saturated carbocycles. The summed E-state index contributed by atoms with van der Waals surface area (Å²) < 4.78 is 0. The van der Waals surface area contributed by atoms with Crippen LogP contribution in [0.2, 0.25) is 0 Å². The predicted molar refractivity (Wildman–Crippen MR) is 41.2 cm³/mol. The highest BCUT2D eigenvalue weighted by molar-refractivity contribution is 6.21.